The molecule has 0 bridgehead atoms. The maximum atomic E-state index is 10.1. The summed E-state index contributed by atoms with van der Waals surface area (Å²) in [6.45, 7) is 7.45. The van der Waals surface area contributed by atoms with Gasteiger partial charge in [0.1, 0.15) is 0 Å². The van der Waals surface area contributed by atoms with E-state index in [1.807, 2.05) is 44.2 Å². The molecule has 1 aromatic carbocycles. The van der Waals surface area contributed by atoms with Crippen molar-refractivity contribution in [2.75, 3.05) is 0 Å². The molecular weight excluding hydrogens is 172 g/mol. The molecule has 0 amide bonds. The van der Waals surface area contributed by atoms with Crippen molar-refractivity contribution in [3.8, 4) is 0 Å². The fourth-order valence-corrected chi connectivity index (χ4v) is 1.41. The first-order chi connectivity index (χ1) is 6.58. The molecule has 0 aliphatic rings. The predicted molar refractivity (Wildman–Crippen MR) is 58.9 cm³/mol. The van der Waals surface area contributed by atoms with Crippen LogP contribution in [0.2, 0.25) is 0 Å². The van der Waals surface area contributed by atoms with Crippen LogP contribution in [0, 0.1) is 5.41 Å². The Morgan fingerprint density at radius 2 is 1.93 bits per heavy atom. The van der Waals surface area contributed by atoms with E-state index in [9.17, 15) is 5.11 Å². The lowest BCUT2D eigenvalue weighted by molar-refractivity contribution is 0.0821. The number of aliphatic hydroxyl groups is 1. The quantitative estimate of drug-likeness (QED) is 0.723. The summed E-state index contributed by atoms with van der Waals surface area (Å²) in [5.41, 5.74) is 3.31. The Labute approximate surface area is 85.4 Å². The highest BCUT2D eigenvalue weighted by Gasteiger charge is 2.25. The van der Waals surface area contributed by atoms with Crippen LogP contribution in [0.15, 0.2) is 48.7 Å². The molecule has 74 valence electrons. The van der Waals surface area contributed by atoms with E-state index >= 15 is 0 Å². The standard InChI is InChI=1S/C13H16O/c1-4-10-13(2,3)12(14)11-8-6-5-7-9-11/h5-10,12,14H,1H2,2-3H3. The Morgan fingerprint density at radius 1 is 1.36 bits per heavy atom. The molecule has 1 aromatic rings. The predicted octanol–water partition coefficient (Wildman–Crippen LogP) is 3.09. The summed E-state index contributed by atoms with van der Waals surface area (Å²) in [6.07, 6.45) is 1.28. The van der Waals surface area contributed by atoms with Crippen LogP contribution in [0.1, 0.15) is 25.5 Å². The lowest BCUT2D eigenvalue weighted by Crippen LogP contribution is -2.19. The molecule has 1 rings (SSSR count). The van der Waals surface area contributed by atoms with Gasteiger partial charge < -0.3 is 5.11 Å². The molecule has 1 unspecified atom stereocenters. The highest BCUT2D eigenvalue weighted by atomic mass is 16.3. The lowest BCUT2D eigenvalue weighted by Gasteiger charge is -2.26. The van der Waals surface area contributed by atoms with Gasteiger partial charge in [0, 0.05) is 5.41 Å². The Bertz CT molecular complexity index is 332. The minimum absolute atomic E-state index is 0.330. The van der Waals surface area contributed by atoms with Crippen molar-refractivity contribution in [1.29, 1.82) is 0 Å². The van der Waals surface area contributed by atoms with E-state index in [1.54, 1.807) is 6.08 Å². The van der Waals surface area contributed by atoms with Crippen LogP contribution in [-0.2, 0) is 0 Å². The van der Waals surface area contributed by atoms with Crippen LogP contribution in [0.4, 0.5) is 0 Å². The fraction of sp³-hybridized carbons (Fsp3) is 0.308. The molecule has 14 heavy (non-hydrogen) atoms. The summed E-state index contributed by atoms with van der Waals surface area (Å²) in [7, 11) is 0. The number of aliphatic hydroxyl groups excluding tert-OH is 1. The molecule has 1 heteroatoms. The summed E-state index contributed by atoms with van der Waals surface area (Å²) < 4.78 is 0. The second-order valence-electron chi connectivity index (χ2n) is 3.98. The monoisotopic (exact) mass is 188 g/mol. The zero-order chi connectivity index (χ0) is 10.6. The van der Waals surface area contributed by atoms with Gasteiger partial charge in [-0.2, -0.15) is 0 Å². The number of hydrogen-bond donors (Lipinski definition) is 1. The van der Waals surface area contributed by atoms with Gasteiger partial charge in [-0.15, -0.1) is 5.73 Å². The molecule has 0 saturated heterocycles. The van der Waals surface area contributed by atoms with Crippen molar-refractivity contribution in [3.63, 3.8) is 0 Å². The molecule has 1 nitrogen and oxygen atoms in total. The van der Waals surface area contributed by atoms with Gasteiger partial charge in [0.2, 0.25) is 0 Å². The maximum Gasteiger partial charge on any atom is 0.0881 e. The van der Waals surface area contributed by atoms with Crippen molar-refractivity contribution in [3.05, 3.63) is 54.3 Å². The van der Waals surface area contributed by atoms with Gasteiger partial charge in [0.15, 0.2) is 0 Å². The molecule has 1 N–H and O–H groups in total. The van der Waals surface area contributed by atoms with Gasteiger partial charge in [-0.1, -0.05) is 50.8 Å². The first kappa shape index (κ1) is 10.8. The van der Waals surface area contributed by atoms with Crippen LogP contribution >= 0.6 is 0 Å². The van der Waals surface area contributed by atoms with Gasteiger partial charge in [0.05, 0.1) is 6.10 Å². The second-order valence-corrected chi connectivity index (χ2v) is 3.98. The molecule has 0 spiro atoms. The summed E-state index contributed by atoms with van der Waals surface area (Å²) in [5, 5.41) is 10.1. The van der Waals surface area contributed by atoms with Gasteiger partial charge in [-0.05, 0) is 11.6 Å². The third-order valence-electron chi connectivity index (χ3n) is 2.29. The molecule has 0 aliphatic heterocycles. The Kier molecular flexibility index (Phi) is 3.29. The minimum atomic E-state index is -0.516. The summed E-state index contributed by atoms with van der Waals surface area (Å²) in [6, 6.07) is 9.62. The Balaban J connectivity index is 2.95. The van der Waals surface area contributed by atoms with Gasteiger partial charge in [0.25, 0.3) is 0 Å². The molecule has 0 aliphatic carbocycles. The average molecular weight is 188 g/mol. The van der Waals surface area contributed by atoms with E-state index in [0.29, 0.717) is 0 Å². The number of hydrogen-bond acceptors (Lipinski definition) is 1. The smallest absolute Gasteiger partial charge is 0.0881 e. The van der Waals surface area contributed by atoms with E-state index in [1.165, 1.54) is 0 Å². The maximum absolute atomic E-state index is 10.1. The van der Waals surface area contributed by atoms with E-state index in [4.69, 9.17) is 0 Å². The first-order valence-corrected chi connectivity index (χ1v) is 4.68. The van der Waals surface area contributed by atoms with E-state index in [0.717, 1.165) is 5.56 Å². The highest BCUT2D eigenvalue weighted by molar-refractivity contribution is 5.20. The molecule has 0 aromatic heterocycles. The van der Waals surface area contributed by atoms with Crippen molar-refractivity contribution >= 4 is 0 Å². The van der Waals surface area contributed by atoms with Crippen molar-refractivity contribution in [2.24, 2.45) is 5.41 Å². The van der Waals surface area contributed by atoms with Crippen LogP contribution in [0.3, 0.4) is 0 Å². The zero-order valence-corrected chi connectivity index (χ0v) is 8.70. The summed E-state index contributed by atoms with van der Waals surface area (Å²) in [4.78, 5) is 0. The number of rotatable bonds is 3. The molecular formula is C13H16O. The van der Waals surface area contributed by atoms with Gasteiger partial charge in [-0.25, -0.2) is 0 Å². The molecule has 0 heterocycles. The second kappa shape index (κ2) is 4.28. The zero-order valence-electron chi connectivity index (χ0n) is 8.70. The number of benzene rings is 1. The van der Waals surface area contributed by atoms with Crippen LogP contribution in [0.5, 0.6) is 0 Å². The molecule has 0 fully saturated rings. The SMILES string of the molecule is C=C=CC(C)(C)C(O)c1ccccc1. The summed E-state index contributed by atoms with van der Waals surface area (Å²) in [5.74, 6) is 0. The van der Waals surface area contributed by atoms with Crippen LogP contribution in [-0.4, -0.2) is 5.11 Å². The van der Waals surface area contributed by atoms with E-state index in [2.05, 4.69) is 12.3 Å². The normalized spacial score (nSPS) is 13.1. The Hall–Kier alpha value is -1.30. The van der Waals surface area contributed by atoms with Gasteiger partial charge in [-0.3, -0.25) is 0 Å². The van der Waals surface area contributed by atoms with Crippen molar-refractivity contribution < 1.29 is 5.11 Å². The van der Waals surface area contributed by atoms with Crippen LogP contribution < -0.4 is 0 Å². The summed E-state index contributed by atoms with van der Waals surface area (Å²) >= 11 is 0. The topological polar surface area (TPSA) is 20.2 Å². The molecule has 0 saturated carbocycles. The first-order valence-electron chi connectivity index (χ1n) is 4.68. The average Bonchev–Trinajstić information content (AvgIpc) is 2.18. The lowest BCUT2D eigenvalue weighted by atomic mass is 9.83. The van der Waals surface area contributed by atoms with E-state index in [-0.39, 0.29) is 5.41 Å². The highest BCUT2D eigenvalue weighted by Crippen LogP contribution is 2.33. The minimum Gasteiger partial charge on any atom is -0.388 e. The van der Waals surface area contributed by atoms with Crippen LogP contribution in [0.25, 0.3) is 0 Å². The third-order valence-corrected chi connectivity index (χ3v) is 2.29. The van der Waals surface area contributed by atoms with Crippen molar-refractivity contribution in [1.82, 2.24) is 0 Å². The Morgan fingerprint density at radius 3 is 2.43 bits per heavy atom. The largest absolute Gasteiger partial charge is 0.388 e. The third kappa shape index (κ3) is 2.35. The molecule has 0 radical (unpaired) electrons. The van der Waals surface area contributed by atoms with Gasteiger partial charge >= 0.3 is 0 Å². The molecule has 1 atom stereocenters. The fourth-order valence-electron chi connectivity index (χ4n) is 1.41. The van der Waals surface area contributed by atoms with Crippen molar-refractivity contribution in [2.45, 2.75) is 20.0 Å². The van der Waals surface area contributed by atoms with E-state index < -0.39 is 6.10 Å².